The van der Waals surface area contributed by atoms with E-state index in [0.717, 1.165) is 23.5 Å². The Morgan fingerprint density at radius 1 is 1.00 bits per heavy atom. The molecular weight excluding hydrogens is 294 g/mol. The number of carbonyl (C=O) groups excluding carboxylic acids is 1. The van der Waals surface area contributed by atoms with E-state index in [4.69, 9.17) is 12.2 Å². The largest absolute Gasteiger partial charge is 0.332 e. The number of benzene rings is 2. The molecule has 0 unspecified atom stereocenters. The van der Waals surface area contributed by atoms with Crippen LogP contribution in [0.5, 0.6) is 0 Å². The van der Waals surface area contributed by atoms with Gasteiger partial charge in [-0.25, -0.2) is 0 Å². The Hall–Kier alpha value is -2.40. The summed E-state index contributed by atoms with van der Waals surface area (Å²) in [5, 5.41) is 9.59. The molecule has 0 aliphatic rings. The summed E-state index contributed by atoms with van der Waals surface area (Å²) in [6, 6.07) is 15.5. The second-order valence-electron chi connectivity index (χ2n) is 4.85. The highest BCUT2D eigenvalue weighted by atomic mass is 32.1. The minimum Gasteiger partial charge on any atom is -0.332 e. The van der Waals surface area contributed by atoms with Gasteiger partial charge in [0.25, 0.3) is 0 Å². The van der Waals surface area contributed by atoms with E-state index in [1.807, 2.05) is 42.5 Å². The summed E-state index contributed by atoms with van der Waals surface area (Å²) in [5.74, 6) is -0.102. The molecule has 0 aliphatic carbocycles. The monoisotopic (exact) mass is 313 g/mol. The zero-order valence-corrected chi connectivity index (χ0v) is 13.5. The fourth-order valence-corrected chi connectivity index (χ4v) is 2.34. The molecule has 0 heterocycles. The highest BCUT2D eigenvalue weighted by Crippen LogP contribution is 2.18. The van der Waals surface area contributed by atoms with Crippen LogP contribution in [0.3, 0.4) is 0 Å². The molecule has 22 heavy (non-hydrogen) atoms. The Balaban J connectivity index is 2.04. The lowest BCUT2D eigenvalue weighted by molar-refractivity contribution is -0.114. The predicted octanol–water partition coefficient (Wildman–Crippen LogP) is 4.02. The first-order valence-corrected chi connectivity index (χ1v) is 7.53. The van der Waals surface area contributed by atoms with Gasteiger partial charge in [-0.3, -0.25) is 4.79 Å². The highest BCUT2D eigenvalue weighted by molar-refractivity contribution is 7.80. The molecule has 2 aromatic rings. The van der Waals surface area contributed by atoms with Crippen molar-refractivity contribution in [2.45, 2.75) is 20.3 Å². The van der Waals surface area contributed by atoms with Crippen molar-refractivity contribution in [3.8, 4) is 0 Å². The van der Waals surface area contributed by atoms with Crippen LogP contribution >= 0.6 is 12.2 Å². The maximum Gasteiger partial charge on any atom is 0.221 e. The molecule has 0 atom stereocenters. The van der Waals surface area contributed by atoms with E-state index in [2.05, 4.69) is 28.9 Å². The van der Waals surface area contributed by atoms with Gasteiger partial charge in [0, 0.05) is 24.0 Å². The molecule has 0 radical (unpaired) electrons. The lowest BCUT2D eigenvalue weighted by Crippen LogP contribution is -2.20. The standard InChI is InChI=1S/C17H19N3OS/c1-3-13-7-4-5-10-16(13)20-17(22)19-15-9-6-8-14(11-15)18-12(2)21/h4-11H,3H2,1-2H3,(H,18,21)(H2,19,20,22). The van der Waals surface area contributed by atoms with E-state index < -0.39 is 0 Å². The lowest BCUT2D eigenvalue weighted by Gasteiger charge is -2.14. The van der Waals surface area contributed by atoms with Crippen molar-refractivity contribution in [3.05, 3.63) is 54.1 Å². The van der Waals surface area contributed by atoms with Gasteiger partial charge in [-0.15, -0.1) is 0 Å². The molecule has 1 amide bonds. The quantitative estimate of drug-likeness (QED) is 0.746. The zero-order valence-electron chi connectivity index (χ0n) is 12.6. The fourth-order valence-electron chi connectivity index (χ4n) is 2.11. The highest BCUT2D eigenvalue weighted by Gasteiger charge is 2.03. The normalized spacial score (nSPS) is 9.91. The average molecular weight is 313 g/mol. The van der Waals surface area contributed by atoms with Crippen molar-refractivity contribution in [2.24, 2.45) is 0 Å². The number of hydrogen-bond donors (Lipinski definition) is 3. The number of rotatable bonds is 4. The van der Waals surface area contributed by atoms with Gasteiger partial charge >= 0.3 is 0 Å². The van der Waals surface area contributed by atoms with Gasteiger partial charge < -0.3 is 16.0 Å². The number of carbonyl (C=O) groups is 1. The van der Waals surface area contributed by atoms with Crippen LogP contribution in [0, 0.1) is 0 Å². The Morgan fingerprint density at radius 3 is 2.36 bits per heavy atom. The molecule has 3 N–H and O–H groups in total. The minimum atomic E-state index is -0.102. The van der Waals surface area contributed by atoms with Gasteiger partial charge in [-0.1, -0.05) is 31.2 Å². The maximum absolute atomic E-state index is 11.1. The summed E-state index contributed by atoms with van der Waals surface area (Å²) in [4.78, 5) is 11.1. The van der Waals surface area contributed by atoms with Crippen LogP contribution in [0.15, 0.2) is 48.5 Å². The Kier molecular flexibility index (Phi) is 5.49. The molecule has 0 saturated carbocycles. The SMILES string of the molecule is CCc1ccccc1NC(=S)Nc1cccc(NC(C)=O)c1. The van der Waals surface area contributed by atoms with E-state index >= 15 is 0 Å². The van der Waals surface area contributed by atoms with Crippen molar-refractivity contribution in [3.63, 3.8) is 0 Å². The van der Waals surface area contributed by atoms with E-state index in [1.165, 1.54) is 12.5 Å². The van der Waals surface area contributed by atoms with E-state index in [0.29, 0.717) is 5.11 Å². The third kappa shape index (κ3) is 4.56. The van der Waals surface area contributed by atoms with Crippen molar-refractivity contribution >= 4 is 40.3 Å². The van der Waals surface area contributed by atoms with Gasteiger partial charge in [0.05, 0.1) is 0 Å². The van der Waals surface area contributed by atoms with Crippen LogP contribution in [-0.4, -0.2) is 11.0 Å². The number of thiocarbonyl (C=S) groups is 1. The third-order valence-corrected chi connectivity index (χ3v) is 3.29. The van der Waals surface area contributed by atoms with Crippen molar-refractivity contribution in [2.75, 3.05) is 16.0 Å². The molecule has 0 bridgehead atoms. The first kappa shape index (κ1) is 16.0. The lowest BCUT2D eigenvalue weighted by atomic mass is 10.1. The molecule has 2 rings (SSSR count). The molecule has 4 nitrogen and oxygen atoms in total. The van der Waals surface area contributed by atoms with Crippen LogP contribution in [0.2, 0.25) is 0 Å². The number of aryl methyl sites for hydroxylation is 1. The number of anilines is 3. The van der Waals surface area contributed by atoms with Crippen molar-refractivity contribution in [1.82, 2.24) is 0 Å². The average Bonchev–Trinajstić information content (AvgIpc) is 2.47. The topological polar surface area (TPSA) is 53.2 Å². The zero-order chi connectivity index (χ0) is 15.9. The first-order valence-electron chi connectivity index (χ1n) is 7.12. The summed E-state index contributed by atoms with van der Waals surface area (Å²) >= 11 is 5.35. The van der Waals surface area contributed by atoms with Gasteiger partial charge in [-0.2, -0.15) is 0 Å². The smallest absolute Gasteiger partial charge is 0.221 e. The molecule has 0 aromatic heterocycles. The Labute approximate surface area is 135 Å². The minimum absolute atomic E-state index is 0.102. The van der Waals surface area contributed by atoms with Gasteiger partial charge in [0.15, 0.2) is 5.11 Å². The Bertz CT molecular complexity index is 685. The second-order valence-corrected chi connectivity index (χ2v) is 5.26. The van der Waals surface area contributed by atoms with Gasteiger partial charge in [0.1, 0.15) is 0 Å². The molecule has 0 fully saturated rings. The summed E-state index contributed by atoms with van der Waals surface area (Å²) in [6.45, 7) is 3.59. The van der Waals surface area contributed by atoms with Crippen LogP contribution in [0.1, 0.15) is 19.4 Å². The number of para-hydroxylation sites is 1. The van der Waals surface area contributed by atoms with E-state index in [9.17, 15) is 4.79 Å². The van der Waals surface area contributed by atoms with E-state index in [1.54, 1.807) is 0 Å². The second kappa shape index (κ2) is 7.56. The molecule has 0 aliphatic heterocycles. The molecular formula is C17H19N3OS. The van der Waals surface area contributed by atoms with Crippen LogP contribution < -0.4 is 16.0 Å². The van der Waals surface area contributed by atoms with Crippen LogP contribution in [-0.2, 0) is 11.2 Å². The number of hydrogen-bond acceptors (Lipinski definition) is 2. The van der Waals surface area contributed by atoms with Crippen LogP contribution in [0.25, 0.3) is 0 Å². The summed E-state index contributed by atoms with van der Waals surface area (Å²) in [6.07, 6.45) is 0.934. The van der Waals surface area contributed by atoms with Gasteiger partial charge in [0.2, 0.25) is 5.91 Å². The van der Waals surface area contributed by atoms with Gasteiger partial charge in [-0.05, 0) is 48.5 Å². The molecule has 2 aromatic carbocycles. The van der Waals surface area contributed by atoms with Crippen molar-refractivity contribution in [1.29, 1.82) is 0 Å². The Morgan fingerprint density at radius 2 is 1.68 bits per heavy atom. The molecule has 0 spiro atoms. The molecule has 0 saturated heterocycles. The van der Waals surface area contributed by atoms with Crippen molar-refractivity contribution < 1.29 is 4.79 Å². The summed E-state index contributed by atoms with van der Waals surface area (Å²) < 4.78 is 0. The number of nitrogens with one attached hydrogen (secondary N) is 3. The van der Waals surface area contributed by atoms with Crippen LogP contribution in [0.4, 0.5) is 17.1 Å². The predicted molar refractivity (Wildman–Crippen MR) is 96.4 cm³/mol. The summed E-state index contributed by atoms with van der Waals surface area (Å²) in [7, 11) is 0. The van der Waals surface area contributed by atoms with E-state index in [-0.39, 0.29) is 5.91 Å². The molecule has 114 valence electrons. The maximum atomic E-state index is 11.1. The fraction of sp³-hybridized carbons (Fsp3) is 0.176. The first-order chi connectivity index (χ1) is 10.6. The third-order valence-electron chi connectivity index (χ3n) is 3.09. The summed E-state index contributed by atoms with van der Waals surface area (Å²) in [5.41, 5.74) is 3.76. The molecule has 5 heteroatoms. The number of amides is 1.